The van der Waals surface area contributed by atoms with Gasteiger partial charge in [0.2, 0.25) is 0 Å². The molecule has 0 spiro atoms. The third kappa shape index (κ3) is 3.82. The SMILES string of the molecule is COc1ccc(C(=O)N/N=C(\C)c2ccc(O)cc2)cc1. The van der Waals surface area contributed by atoms with Crippen LogP contribution < -0.4 is 10.2 Å². The smallest absolute Gasteiger partial charge is 0.271 e. The Bertz CT molecular complexity index is 646. The second-order valence-corrected chi connectivity index (χ2v) is 4.41. The number of nitrogens with zero attached hydrogens (tertiary/aromatic N) is 1. The van der Waals surface area contributed by atoms with Crippen molar-refractivity contribution in [2.45, 2.75) is 6.92 Å². The molecule has 0 aliphatic rings. The zero-order valence-electron chi connectivity index (χ0n) is 11.8. The topological polar surface area (TPSA) is 70.9 Å². The van der Waals surface area contributed by atoms with E-state index in [4.69, 9.17) is 4.74 Å². The number of aromatic hydroxyl groups is 1. The molecule has 0 saturated heterocycles. The summed E-state index contributed by atoms with van der Waals surface area (Å²) in [6, 6.07) is 13.4. The van der Waals surface area contributed by atoms with Crippen molar-refractivity contribution in [3.05, 3.63) is 59.7 Å². The van der Waals surface area contributed by atoms with Crippen LogP contribution in [0.4, 0.5) is 0 Å². The normalized spacial score (nSPS) is 11.0. The maximum absolute atomic E-state index is 11.9. The van der Waals surface area contributed by atoms with E-state index in [-0.39, 0.29) is 11.7 Å². The molecular formula is C16H16N2O3. The van der Waals surface area contributed by atoms with E-state index in [9.17, 15) is 9.90 Å². The molecule has 0 aliphatic heterocycles. The predicted octanol–water partition coefficient (Wildman–Crippen LogP) is 2.55. The molecule has 0 bridgehead atoms. The van der Waals surface area contributed by atoms with Gasteiger partial charge >= 0.3 is 0 Å². The highest BCUT2D eigenvalue weighted by Crippen LogP contribution is 2.12. The number of phenolic OH excluding ortho intramolecular Hbond substituents is 1. The van der Waals surface area contributed by atoms with E-state index in [1.807, 2.05) is 0 Å². The van der Waals surface area contributed by atoms with Crippen molar-refractivity contribution in [1.29, 1.82) is 0 Å². The summed E-state index contributed by atoms with van der Waals surface area (Å²) in [7, 11) is 1.57. The molecule has 2 aromatic carbocycles. The van der Waals surface area contributed by atoms with E-state index in [0.717, 1.165) is 5.56 Å². The molecule has 5 heteroatoms. The van der Waals surface area contributed by atoms with Gasteiger partial charge in [0.15, 0.2) is 0 Å². The molecule has 2 aromatic rings. The van der Waals surface area contributed by atoms with Gasteiger partial charge in [-0.15, -0.1) is 0 Å². The molecule has 1 amide bonds. The Morgan fingerprint density at radius 1 is 1.05 bits per heavy atom. The van der Waals surface area contributed by atoms with E-state index in [1.165, 1.54) is 0 Å². The Balaban J connectivity index is 2.04. The predicted molar refractivity (Wildman–Crippen MR) is 80.8 cm³/mol. The van der Waals surface area contributed by atoms with Crippen molar-refractivity contribution in [3.63, 3.8) is 0 Å². The Kier molecular flexibility index (Phi) is 4.56. The number of carbonyl (C=O) groups is 1. The van der Waals surface area contributed by atoms with Crippen LogP contribution in [0.2, 0.25) is 0 Å². The summed E-state index contributed by atoms with van der Waals surface area (Å²) in [6.45, 7) is 1.78. The van der Waals surface area contributed by atoms with Crippen LogP contribution >= 0.6 is 0 Å². The van der Waals surface area contributed by atoms with Gasteiger partial charge in [0, 0.05) is 5.56 Å². The van der Waals surface area contributed by atoms with Crippen molar-refractivity contribution < 1.29 is 14.6 Å². The summed E-state index contributed by atoms with van der Waals surface area (Å²) in [5.74, 6) is 0.583. The molecule has 0 unspecified atom stereocenters. The molecule has 108 valence electrons. The number of hydrazone groups is 1. The third-order valence-corrected chi connectivity index (χ3v) is 2.96. The number of hydrogen-bond acceptors (Lipinski definition) is 4. The number of rotatable bonds is 4. The minimum Gasteiger partial charge on any atom is -0.508 e. The summed E-state index contributed by atoms with van der Waals surface area (Å²) < 4.78 is 5.03. The summed E-state index contributed by atoms with van der Waals surface area (Å²) in [4.78, 5) is 11.9. The lowest BCUT2D eigenvalue weighted by Gasteiger charge is -2.04. The van der Waals surface area contributed by atoms with Crippen LogP contribution in [-0.2, 0) is 0 Å². The fourth-order valence-corrected chi connectivity index (χ4v) is 1.71. The van der Waals surface area contributed by atoms with Crippen LogP contribution in [0.5, 0.6) is 11.5 Å². The highest BCUT2D eigenvalue weighted by molar-refractivity contribution is 6.00. The largest absolute Gasteiger partial charge is 0.508 e. The first-order valence-corrected chi connectivity index (χ1v) is 6.38. The van der Waals surface area contributed by atoms with Crippen LogP contribution in [0.15, 0.2) is 53.6 Å². The lowest BCUT2D eigenvalue weighted by molar-refractivity contribution is 0.0955. The second-order valence-electron chi connectivity index (χ2n) is 4.41. The lowest BCUT2D eigenvalue weighted by Crippen LogP contribution is -2.19. The van der Waals surface area contributed by atoms with Crippen LogP contribution in [-0.4, -0.2) is 23.8 Å². The van der Waals surface area contributed by atoms with E-state index in [1.54, 1.807) is 62.6 Å². The third-order valence-electron chi connectivity index (χ3n) is 2.96. The quantitative estimate of drug-likeness (QED) is 0.669. The Labute approximate surface area is 122 Å². The number of ether oxygens (including phenoxy) is 1. The fraction of sp³-hybridized carbons (Fsp3) is 0.125. The van der Waals surface area contributed by atoms with Crippen LogP contribution in [0.1, 0.15) is 22.8 Å². The number of nitrogens with one attached hydrogen (secondary N) is 1. The van der Waals surface area contributed by atoms with E-state index in [0.29, 0.717) is 17.0 Å². The monoisotopic (exact) mass is 284 g/mol. The van der Waals surface area contributed by atoms with Crippen molar-refractivity contribution in [1.82, 2.24) is 5.43 Å². The highest BCUT2D eigenvalue weighted by Gasteiger charge is 2.05. The zero-order chi connectivity index (χ0) is 15.2. The number of hydrogen-bond donors (Lipinski definition) is 2. The first-order valence-electron chi connectivity index (χ1n) is 6.38. The Morgan fingerprint density at radius 2 is 1.62 bits per heavy atom. The average Bonchev–Trinajstić information content (AvgIpc) is 2.53. The molecule has 0 radical (unpaired) electrons. The van der Waals surface area contributed by atoms with E-state index >= 15 is 0 Å². The van der Waals surface area contributed by atoms with E-state index in [2.05, 4.69) is 10.5 Å². The van der Waals surface area contributed by atoms with Crippen molar-refractivity contribution in [2.75, 3.05) is 7.11 Å². The first-order chi connectivity index (χ1) is 10.1. The molecule has 0 heterocycles. The molecule has 0 saturated carbocycles. The molecule has 0 aliphatic carbocycles. The van der Waals surface area contributed by atoms with E-state index < -0.39 is 0 Å². The number of carbonyl (C=O) groups excluding carboxylic acids is 1. The number of benzene rings is 2. The Morgan fingerprint density at radius 3 is 2.19 bits per heavy atom. The average molecular weight is 284 g/mol. The first kappa shape index (κ1) is 14.6. The Hall–Kier alpha value is -2.82. The minimum absolute atomic E-state index is 0.189. The van der Waals surface area contributed by atoms with Gasteiger partial charge in [-0.3, -0.25) is 4.79 Å². The molecule has 5 nitrogen and oxygen atoms in total. The van der Waals surface area contributed by atoms with Gasteiger partial charge in [-0.1, -0.05) is 0 Å². The number of amides is 1. The van der Waals surface area contributed by atoms with Gasteiger partial charge in [-0.05, 0) is 61.0 Å². The van der Waals surface area contributed by atoms with Gasteiger partial charge in [0.05, 0.1) is 12.8 Å². The summed E-state index contributed by atoms with van der Waals surface area (Å²) in [5, 5.41) is 13.3. The number of phenols is 1. The summed E-state index contributed by atoms with van der Waals surface area (Å²) in [6.07, 6.45) is 0. The molecule has 2 rings (SSSR count). The molecule has 0 aromatic heterocycles. The van der Waals surface area contributed by atoms with Gasteiger partial charge in [-0.2, -0.15) is 5.10 Å². The molecule has 0 fully saturated rings. The van der Waals surface area contributed by atoms with Gasteiger partial charge in [0.25, 0.3) is 5.91 Å². The molecule has 2 N–H and O–H groups in total. The van der Waals surface area contributed by atoms with Gasteiger partial charge < -0.3 is 9.84 Å². The van der Waals surface area contributed by atoms with Crippen LogP contribution in [0, 0.1) is 0 Å². The van der Waals surface area contributed by atoms with Crippen LogP contribution in [0.25, 0.3) is 0 Å². The minimum atomic E-state index is -0.296. The number of methoxy groups -OCH3 is 1. The summed E-state index contributed by atoms with van der Waals surface area (Å²) >= 11 is 0. The maximum atomic E-state index is 11.9. The second kappa shape index (κ2) is 6.56. The highest BCUT2D eigenvalue weighted by atomic mass is 16.5. The zero-order valence-corrected chi connectivity index (χ0v) is 11.8. The fourth-order valence-electron chi connectivity index (χ4n) is 1.71. The summed E-state index contributed by atoms with van der Waals surface area (Å²) in [5.41, 5.74) is 4.47. The van der Waals surface area contributed by atoms with Crippen molar-refractivity contribution >= 4 is 11.6 Å². The van der Waals surface area contributed by atoms with Crippen molar-refractivity contribution in [2.24, 2.45) is 5.10 Å². The van der Waals surface area contributed by atoms with Crippen LogP contribution in [0.3, 0.4) is 0 Å². The molecule has 21 heavy (non-hydrogen) atoms. The van der Waals surface area contributed by atoms with Gasteiger partial charge in [0.1, 0.15) is 11.5 Å². The van der Waals surface area contributed by atoms with Gasteiger partial charge in [-0.25, -0.2) is 5.43 Å². The molecular weight excluding hydrogens is 268 g/mol. The maximum Gasteiger partial charge on any atom is 0.271 e. The van der Waals surface area contributed by atoms with Crippen molar-refractivity contribution in [3.8, 4) is 11.5 Å². The lowest BCUT2D eigenvalue weighted by atomic mass is 10.1. The molecule has 0 atom stereocenters. The standard InChI is InChI=1S/C16H16N2O3/c1-11(12-3-7-14(19)8-4-12)17-18-16(20)13-5-9-15(21-2)10-6-13/h3-10,19H,1-2H3,(H,18,20)/b17-11+.